The van der Waals surface area contributed by atoms with Crippen molar-refractivity contribution < 1.29 is 14.7 Å². The van der Waals surface area contributed by atoms with Gasteiger partial charge in [0.25, 0.3) is 5.91 Å². The Morgan fingerprint density at radius 1 is 1.16 bits per heavy atom. The van der Waals surface area contributed by atoms with Crippen LogP contribution >= 0.6 is 11.6 Å². The van der Waals surface area contributed by atoms with Crippen LogP contribution in [0.4, 0.5) is 10.5 Å². The Morgan fingerprint density at radius 3 is 2.50 bits per heavy atom. The minimum Gasteiger partial charge on any atom is -0.464 e. The second-order valence-electron chi connectivity index (χ2n) is 8.86. The summed E-state index contributed by atoms with van der Waals surface area (Å²) in [5.41, 5.74) is 5.02. The van der Waals surface area contributed by atoms with Crippen LogP contribution in [-0.2, 0) is 4.79 Å². The standard InChI is InChI=1S/C27H32ClNO3/c1-19(14-15-24-21(3)11-8-16-27(24,4)5)9-6-10-20(2)17-25(30)29(26(31)32)23-13-7-12-22(28)18-23/h6-7,9-10,12-15,17-18H,8,11,16H2,1-5H3,(H,31,32). The van der Waals surface area contributed by atoms with Gasteiger partial charge in [-0.2, -0.15) is 0 Å². The van der Waals surface area contributed by atoms with Gasteiger partial charge in [-0.05, 0) is 74.8 Å². The van der Waals surface area contributed by atoms with Gasteiger partial charge >= 0.3 is 6.09 Å². The molecule has 0 bridgehead atoms. The summed E-state index contributed by atoms with van der Waals surface area (Å²) in [6.45, 7) is 10.6. The first kappa shape index (κ1) is 25.4. The number of rotatable bonds is 6. The molecule has 2 rings (SSSR count). The maximum atomic E-state index is 12.5. The number of benzene rings is 1. The summed E-state index contributed by atoms with van der Waals surface area (Å²) in [5, 5.41) is 9.83. The number of nitrogens with zero attached hydrogens (tertiary/aromatic N) is 1. The molecule has 1 aliphatic rings. The fourth-order valence-corrected chi connectivity index (χ4v) is 4.07. The van der Waals surface area contributed by atoms with Crippen LogP contribution in [0.15, 0.2) is 83.0 Å². The number of carbonyl (C=O) groups excluding carboxylic acids is 1. The molecule has 0 atom stereocenters. The van der Waals surface area contributed by atoms with Gasteiger partial charge in [0, 0.05) is 11.1 Å². The van der Waals surface area contributed by atoms with Gasteiger partial charge in [-0.25, -0.2) is 9.69 Å². The minimum absolute atomic E-state index is 0.202. The van der Waals surface area contributed by atoms with Crippen LogP contribution in [0.3, 0.4) is 0 Å². The van der Waals surface area contributed by atoms with Crippen molar-refractivity contribution in [2.24, 2.45) is 5.41 Å². The van der Waals surface area contributed by atoms with Gasteiger partial charge in [0.05, 0.1) is 5.69 Å². The average molecular weight is 454 g/mol. The summed E-state index contributed by atoms with van der Waals surface area (Å²) in [7, 11) is 0. The number of hydrogen-bond donors (Lipinski definition) is 1. The maximum absolute atomic E-state index is 12.5. The summed E-state index contributed by atoms with van der Waals surface area (Å²) in [6, 6.07) is 6.19. The van der Waals surface area contributed by atoms with Crippen molar-refractivity contribution in [1.29, 1.82) is 0 Å². The molecule has 4 nitrogen and oxygen atoms in total. The highest BCUT2D eigenvalue weighted by atomic mass is 35.5. The zero-order chi connectivity index (χ0) is 23.9. The molecule has 5 heteroatoms. The summed E-state index contributed by atoms with van der Waals surface area (Å²) in [6.07, 6.45) is 13.5. The van der Waals surface area contributed by atoms with E-state index in [-0.39, 0.29) is 11.1 Å². The molecule has 1 aliphatic carbocycles. The molecule has 0 aliphatic heterocycles. The fourth-order valence-electron chi connectivity index (χ4n) is 3.89. The lowest BCUT2D eigenvalue weighted by Gasteiger charge is -2.32. The van der Waals surface area contributed by atoms with Crippen LogP contribution in [0.5, 0.6) is 0 Å². The lowest BCUT2D eigenvalue weighted by molar-refractivity contribution is -0.113. The van der Waals surface area contributed by atoms with Gasteiger partial charge in [0.15, 0.2) is 0 Å². The highest BCUT2D eigenvalue weighted by Crippen LogP contribution is 2.40. The molecule has 32 heavy (non-hydrogen) atoms. The molecule has 0 saturated carbocycles. The van der Waals surface area contributed by atoms with Crippen LogP contribution in [0.1, 0.15) is 53.9 Å². The number of carboxylic acid groups (broad SMARTS) is 1. The van der Waals surface area contributed by atoms with E-state index in [0.717, 1.165) is 12.0 Å². The zero-order valence-corrected chi connectivity index (χ0v) is 20.2. The quantitative estimate of drug-likeness (QED) is 0.352. The molecule has 0 aromatic heterocycles. The number of halogens is 1. The monoisotopic (exact) mass is 453 g/mol. The van der Waals surface area contributed by atoms with Crippen molar-refractivity contribution in [2.75, 3.05) is 4.90 Å². The largest absolute Gasteiger partial charge is 0.464 e. The number of allylic oxidation sites excluding steroid dienone is 9. The Labute approximate surface area is 196 Å². The number of imide groups is 1. The highest BCUT2D eigenvalue weighted by molar-refractivity contribution is 6.31. The Kier molecular flexibility index (Phi) is 8.85. The number of amides is 2. The summed E-state index contributed by atoms with van der Waals surface area (Å²) < 4.78 is 0. The molecule has 2 amide bonds. The predicted octanol–water partition coefficient (Wildman–Crippen LogP) is 7.88. The predicted molar refractivity (Wildman–Crippen MR) is 133 cm³/mol. The molecule has 0 saturated heterocycles. The van der Waals surface area contributed by atoms with Crippen molar-refractivity contribution in [3.63, 3.8) is 0 Å². The molecule has 1 aromatic rings. The lowest BCUT2D eigenvalue weighted by Crippen LogP contribution is -2.34. The van der Waals surface area contributed by atoms with Crippen molar-refractivity contribution in [3.05, 3.63) is 88.0 Å². The summed E-state index contributed by atoms with van der Waals surface area (Å²) in [4.78, 5) is 24.8. The highest BCUT2D eigenvalue weighted by Gasteiger charge is 2.26. The van der Waals surface area contributed by atoms with Gasteiger partial charge in [-0.1, -0.05) is 73.0 Å². The first-order chi connectivity index (χ1) is 15.0. The molecule has 170 valence electrons. The van der Waals surface area contributed by atoms with Gasteiger partial charge < -0.3 is 5.11 Å². The fraction of sp³-hybridized carbons (Fsp3) is 0.333. The van der Waals surface area contributed by atoms with E-state index in [1.807, 2.05) is 19.1 Å². The second-order valence-corrected chi connectivity index (χ2v) is 9.30. The number of carbonyl (C=O) groups is 2. The summed E-state index contributed by atoms with van der Waals surface area (Å²) in [5.74, 6) is -0.649. The maximum Gasteiger partial charge on any atom is 0.419 e. The van der Waals surface area contributed by atoms with E-state index < -0.39 is 12.0 Å². The normalized spacial score (nSPS) is 17.3. The summed E-state index contributed by atoms with van der Waals surface area (Å²) >= 11 is 5.93. The average Bonchev–Trinajstić information content (AvgIpc) is 2.66. The molecule has 0 radical (unpaired) electrons. The van der Waals surface area contributed by atoms with Crippen molar-refractivity contribution in [3.8, 4) is 0 Å². The molecular weight excluding hydrogens is 422 g/mol. The van der Waals surface area contributed by atoms with Crippen LogP contribution in [0.25, 0.3) is 0 Å². The topological polar surface area (TPSA) is 57.6 Å². The van der Waals surface area contributed by atoms with E-state index in [9.17, 15) is 14.7 Å². The third-order valence-electron chi connectivity index (χ3n) is 5.60. The molecule has 1 N–H and O–H groups in total. The third-order valence-corrected chi connectivity index (χ3v) is 5.84. The molecule has 0 unspecified atom stereocenters. The SMILES string of the molecule is CC(C=CC1=C(C)CCCC1(C)C)=CC=CC(C)=CC(=O)N(C(=O)O)c1cccc(Cl)c1. The van der Waals surface area contributed by atoms with Gasteiger partial charge in [-0.15, -0.1) is 0 Å². The molecular formula is C27H32ClNO3. The van der Waals surface area contributed by atoms with E-state index in [0.29, 0.717) is 15.5 Å². The molecule has 0 spiro atoms. The van der Waals surface area contributed by atoms with Crippen LogP contribution < -0.4 is 4.90 Å². The Morgan fingerprint density at radius 2 is 1.88 bits per heavy atom. The molecule has 1 aromatic carbocycles. The Balaban J connectivity index is 2.11. The van der Waals surface area contributed by atoms with Crippen LogP contribution in [-0.4, -0.2) is 17.1 Å². The number of hydrogen-bond acceptors (Lipinski definition) is 2. The lowest BCUT2D eigenvalue weighted by atomic mass is 9.72. The van der Waals surface area contributed by atoms with Gasteiger partial charge in [-0.3, -0.25) is 4.79 Å². The van der Waals surface area contributed by atoms with E-state index in [2.05, 4.69) is 32.9 Å². The van der Waals surface area contributed by atoms with E-state index in [1.54, 1.807) is 25.1 Å². The minimum atomic E-state index is -1.36. The van der Waals surface area contributed by atoms with E-state index in [4.69, 9.17) is 11.6 Å². The zero-order valence-electron chi connectivity index (χ0n) is 19.5. The molecule has 0 fully saturated rings. The van der Waals surface area contributed by atoms with Gasteiger partial charge in [0.1, 0.15) is 0 Å². The van der Waals surface area contributed by atoms with Crippen molar-refractivity contribution in [1.82, 2.24) is 0 Å². The Bertz CT molecular complexity index is 1030. The second kappa shape index (κ2) is 11.1. The third kappa shape index (κ3) is 7.10. The molecule has 0 heterocycles. The number of anilines is 1. The van der Waals surface area contributed by atoms with E-state index in [1.165, 1.54) is 42.2 Å². The van der Waals surface area contributed by atoms with Crippen LogP contribution in [0, 0.1) is 5.41 Å². The first-order valence-electron chi connectivity index (χ1n) is 10.8. The van der Waals surface area contributed by atoms with Crippen molar-refractivity contribution >= 4 is 29.3 Å². The van der Waals surface area contributed by atoms with Crippen LogP contribution in [0.2, 0.25) is 5.02 Å². The van der Waals surface area contributed by atoms with Crippen molar-refractivity contribution in [2.45, 2.75) is 53.9 Å². The smallest absolute Gasteiger partial charge is 0.419 e. The van der Waals surface area contributed by atoms with Gasteiger partial charge in [0.2, 0.25) is 0 Å². The van der Waals surface area contributed by atoms with E-state index >= 15 is 0 Å². The Hall–Kier alpha value is -2.85. The first-order valence-corrected chi connectivity index (χ1v) is 11.1.